The molecule has 0 aliphatic rings. The molecule has 0 spiro atoms. The zero-order valence-corrected chi connectivity index (χ0v) is 43.6. The molecule has 0 aliphatic carbocycles. The molecule has 382 valence electrons. The van der Waals surface area contributed by atoms with Gasteiger partial charge in [0, 0.05) is 76.7 Å². The SMILES string of the molecule is COC(=O)c1ccc(C)c(-c2ccc(C(F)(F)F)c[n+]2C)c1.COc1cc(C)c(-c2ccc3ccccc3[n+]2C)o1.Cc1c(-c2cccc[n+]2C)ccc2ccccc12.Cc1c(F)cc(F)cc1-c1cccc[n+]1C. The fourth-order valence-electron chi connectivity index (χ4n) is 8.80. The van der Waals surface area contributed by atoms with Crippen molar-refractivity contribution in [3.63, 3.8) is 0 Å². The molecule has 0 saturated carbocycles. The summed E-state index contributed by atoms with van der Waals surface area (Å²) in [5.41, 5.74) is 10.8. The average molecular weight is 1020 g/mol. The van der Waals surface area contributed by atoms with Gasteiger partial charge in [0.1, 0.15) is 45.4 Å². The van der Waals surface area contributed by atoms with Crippen LogP contribution in [0.25, 0.3) is 66.9 Å². The van der Waals surface area contributed by atoms with Gasteiger partial charge in [-0.2, -0.15) is 17.7 Å². The number of hydrogen-bond donors (Lipinski definition) is 0. The van der Waals surface area contributed by atoms with Gasteiger partial charge in [-0.05, 0) is 110 Å². The number of pyridine rings is 4. The lowest BCUT2D eigenvalue weighted by atomic mass is 9.98. The summed E-state index contributed by atoms with van der Waals surface area (Å²) in [6.45, 7) is 7.70. The number of carbonyl (C=O) groups is 1. The Hall–Kier alpha value is -8.58. The van der Waals surface area contributed by atoms with E-state index in [0.717, 1.165) is 46.6 Å². The molecule has 10 aromatic rings. The third-order valence-corrected chi connectivity index (χ3v) is 13.0. The number of para-hydroxylation sites is 1. The van der Waals surface area contributed by atoms with Crippen molar-refractivity contribution in [3.8, 4) is 51.2 Å². The van der Waals surface area contributed by atoms with Gasteiger partial charge in [0.2, 0.25) is 34.1 Å². The van der Waals surface area contributed by atoms with Crippen molar-refractivity contribution in [2.24, 2.45) is 28.2 Å². The van der Waals surface area contributed by atoms with E-state index in [1.54, 1.807) is 32.2 Å². The maximum atomic E-state index is 13.4. The normalized spacial score (nSPS) is 10.9. The predicted molar refractivity (Wildman–Crippen MR) is 281 cm³/mol. The Morgan fingerprint density at radius 1 is 0.547 bits per heavy atom. The Morgan fingerprint density at radius 3 is 1.77 bits per heavy atom. The van der Waals surface area contributed by atoms with Gasteiger partial charge < -0.3 is 13.9 Å². The van der Waals surface area contributed by atoms with Crippen molar-refractivity contribution in [1.82, 2.24) is 0 Å². The fourth-order valence-corrected chi connectivity index (χ4v) is 8.80. The highest BCUT2D eigenvalue weighted by atomic mass is 19.4. The number of alkyl halides is 3. The summed E-state index contributed by atoms with van der Waals surface area (Å²) in [6, 6.07) is 48.9. The summed E-state index contributed by atoms with van der Waals surface area (Å²) >= 11 is 0. The number of benzene rings is 5. The highest BCUT2D eigenvalue weighted by molar-refractivity contribution is 5.91. The van der Waals surface area contributed by atoms with Crippen LogP contribution in [0.2, 0.25) is 0 Å². The van der Waals surface area contributed by atoms with Gasteiger partial charge in [0.25, 0.3) is 5.95 Å². The number of hydrogen-bond acceptors (Lipinski definition) is 4. The van der Waals surface area contributed by atoms with Crippen molar-refractivity contribution in [2.45, 2.75) is 33.9 Å². The molecule has 0 radical (unpaired) electrons. The first kappa shape index (κ1) is 54.2. The largest absolute Gasteiger partial charge is 0.468 e. The quantitative estimate of drug-likeness (QED) is 0.0946. The fraction of sp³-hybridized carbons (Fsp3) is 0.177. The van der Waals surface area contributed by atoms with Crippen molar-refractivity contribution in [1.29, 1.82) is 0 Å². The zero-order chi connectivity index (χ0) is 54.1. The molecular formula is C62H59F5N4O4+4. The summed E-state index contributed by atoms with van der Waals surface area (Å²) in [6.07, 6.45) is 0.570. The molecule has 8 nitrogen and oxygen atoms in total. The number of rotatable bonds is 6. The van der Waals surface area contributed by atoms with Crippen LogP contribution in [-0.2, 0) is 39.1 Å². The Kier molecular flexibility index (Phi) is 17.0. The lowest BCUT2D eigenvalue weighted by Crippen LogP contribution is -2.32. The first-order chi connectivity index (χ1) is 35.8. The molecule has 5 aromatic carbocycles. The minimum absolute atomic E-state index is 0.350. The summed E-state index contributed by atoms with van der Waals surface area (Å²) < 4.78 is 87.8. The Morgan fingerprint density at radius 2 is 1.15 bits per heavy atom. The Balaban J connectivity index is 0.000000147. The molecule has 0 fully saturated rings. The molecule has 0 amide bonds. The monoisotopic (exact) mass is 1020 g/mol. The van der Waals surface area contributed by atoms with Crippen molar-refractivity contribution in [3.05, 3.63) is 221 Å². The molecule has 0 N–H and O–H groups in total. The van der Waals surface area contributed by atoms with Crippen LogP contribution in [0.5, 0.6) is 5.95 Å². The number of fused-ring (bicyclic) bond motifs is 2. The second kappa shape index (κ2) is 23.5. The molecule has 0 bridgehead atoms. The zero-order valence-electron chi connectivity index (χ0n) is 43.6. The van der Waals surface area contributed by atoms with Gasteiger partial charge in [0.05, 0.1) is 25.3 Å². The second-order valence-corrected chi connectivity index (χ2v) is 18.0. The molecule has 0 saturated heterocycles. The van der Waals surface area contributed by atoms with Crippen LogP contribution >= 0.6 is 0 Å². The van der Waals surface area contributed by atoms with Crippen LogP contribution in [0.15, 0.2) is 181 Å². The number of methoxy groups -OCH3 is 2. The first-order valence-corrected chi connectivity index (χ1v) is 23.9. The molecule has 0 aliphatic heterocycles. The van der Waals surface area contributed by atoms with Crippen LogP contribution in [0, 0.1) is 39.3 Å². The van der Waals surface area contributed by atoms with Gasteiger partial charge in [-0.25, -0.2) is 27.3 Å². The lowest BCUT2D eigenvalue weighted by molar-refractivity contribution is -0.661. The minimum atomic E-state index is -4.39. The highest BCUT2D eigenvalue weighted by Gasteiger charge is 2.34. The molecular weight excluding hydrogens is 960 g/mol. The smallest absolute Gasteiger partial charge is 0.422 e. The molecule has 10 rings (SSSR count). The van der Waals surface area contributed by atoms with Crippen molar-refractivity contribution in [2.75, 3.05) is 14.2 Å². The first-order valence-electron chi connectivity index (χ1n) is 23.9. The molecule has 0 unspecified atom stereocenters. The summed E-state index contributed by atoms with van der Waals surface area (Å²) in [5, 5.41) is 3.85. The number of aryl methyl sites for hydroxylation is 7. The predicted octanol–water partition coefficient (Wildman–Crippen LogP) is 12.9. The number of halogens is 5. The van der Waals surface area contributed by atoms with Gasteiger partial charge in [0.15, 0.2) is 18.6 Å². The van der Waals surface area contributed by atoms with Crippen LogP contribution < -0.4 is 23.0 Å². The van der Waals surface area contributed by atoms with Crippen LogP contribution in [0.3, 0.4) is 0 Å². The third-order valence-electron chi connectivity index (χ3n) is 13.0. The topological polar surface area (TPSA) is 64.2 Å². The third kappa shape index (κ3) is 12.4. The molecule has 13 heteroatoms. The maximum Gasteiger partial charge on any atom is 0.422 e. The highest BCUT2D eigenvalue weighted by Crippen LogP contribution is 2.32. The van der Waals surface area contributed by atoms with E-state index in [1.165, 1.54) is 69.4 Å². The number of carbonyl (C=O) groups excluding carboxylic acids is 1. The summed E-state index contributed by atoms with van der Waals surface area (Å²) in [5.74, 6) is -0.164. The average Bonchev–Trinajstić information content (AvgIpc) is 3.78. The second-order valence-electron chi connectivity index (χ2n) is 18.0. The van der Waals surface area contributed by atoms with E-state index < -0.39 is 29.3 Å². The van der Waals surface area contributed by atoms with E-state index in [4.69, 9.17) is 9.15 Å². The number of furan rings is 1. The van der Waals surface area contributed by atoms with E-state index in [0.29, 0.717) is 33.9 Å². The van der Waals surface area contributed by atoms with Crippen LogP contribution in [0.4, 0.5) is 22.0 Å². The van der Waals surface area contributed by atoms with Gasteiger partial charge in [-0.15, -0.1) is 0 Å². The maximum absolute atomic E-state index is 13.4. The number of aromatic nitrogens is 4. The summed E-state index contributed by atoms with van der Waals surface area (Å²) in [7, 11) is 10.4. The van der Waals surface area contributed by atoms with E-state index in [1.807, 2.05) is 75.1 Å². The van der Waals surface area contributed by atoms with E-state index in [-0.39, 0.29) is 0 Å². The Labute approximate surface area is 433 Å². The molecule has 75 heavy (non-hydrogen) atoms. The molecule has 0 atom stereocenters. The van der Waals surface area contributed by atoms with Crippen LogP contribution in [0.1, 0.15) is 38.2 Å². The lowest BCUT2D eigenvalue weighted by Gasteiger charge is -2.09. The van der Waals surface area contributed by atoms with Gasteiger partial charge in [-0.1, -0.05) is 48.5 Å². The standard InChI is InChI=1S/C17H16N.C16H15F3NO2.C16H16NO2.C13H12F2N/c1-13-15-8-4-3-7-14(15)10-11-16(13)17-9-5-6-12-18(17)2;1-10-4-5-11(15(21)22-3)8-13(10)14-7-6-12(9-20(14)2)16(17,18)19;1-11-10-15(18-3)19-16(11)14-9-8-12-6-4-5-7-13(12)17(14)2;1-9-11(7-10(14)8-12(9)15)13-5-3-4-6-16(13)2/h3-12H,1-2H3;4-9H,1-3H3;4-10H,1-3H3;3-8H,1-2H3/q4*+1. The van der Waals surface area contributed by atoms with Gasteiger partial charge >= 0.3 is 12.1 Å². The number of esters is 1. The van der Waals surface area contributed by atoms with E-state index in [2.05, 4.69) is 113 Å². The summed E-state index contributed by atoms with van der Waals surface area (Å²) in [4.78, 5) is 11.6. The van der Waals surface area contributed by atoms with E-state index in [9.17, 15) is 26.7 Å². The van der Waals surface area contributed by atoms with Crippen molar-refractivity contribution < 1.29 is 58.9 Å². The van der Waals surface area contributed by atoms with Gasteiger partial charge in [-0.3, -0.25) is 0 Å². The minimum Gasteiger partial charge on any atom is -0.468 e. The number of ether oxygens (including phenoxy) is 2. The Bertz CT molecular complexity index is 3680. The molecule has 5 heterocycles. The number of nitrogens with zero attached hydrogens (tertiary/aromatic N) is 4. The van der Waals surface area contributed by atoms with E-state index >= 15 is 0 Å². The van der Waals surface area contributed by atoms with Crippen LogP contribution in [-0.4, -0.2) is 20.2 Å². The molecule has 5 aromatic heterocycles. The van der Waals surface area contributed by atoms with Crippen molar-refractivity contribution >= 4 is 27.6 Å².